The summed E-state index contributed by atoms with van der Waals surface area (Å²) < 4.78 is 0.935. The van der Waals surface area contributed by atoms with E-state index in [1.807, 2.05) is 12.1 Å². The highest BCUT2D eigenvalue weighted by molar-refractivity contribution is 9.38. The van der Waals surface area contributed by atoms with Gasteiger partial charge in [0.1, 0.15) is 0 Å². The standard InChI is InChI=1S/C8H4Br3ClN4/c9-8(10,11)7-13-14-15-16(7)6-3-1-5(12)2-4-6/h1-4H. The molecule has 0 aliphatic carbocycles. The Bertz CT molecular complexity index is 491. The first kappa shape index (κ1) is 12.5. The minimum atomic E-state index is -0.657. The van der Waals surface area contributed by atoms with Crippen molar-refractivity contribution in [2.75, 3.05) is 0 Å². The van der Waals surface area contributed by atoms with Crippen molar-refractivity contribution in [3.63, 3.8) is 0 Å². The largest absolute Gasteiger partial charge is 0.196 e. The zero-order valence-electron chi connectivity index (χ0n) is 7.61. The van der Waals surface area contributed by atoms with Gasteiger partial charge >= 0.3 is 0 Å². The highest BCUT2D eigenvalue weighted by atomic mass is 80.0. The fraction of sp³-hybridized carbons (Fsp3) is 0.125. The van der Waals surface area contributed by atoms with E-state index in [1.165, 1.54) is 0 Å². The Labute approximate surface area is 122 Å². The summed E-state index contributed by atoms with van der Waals surface area (Å²) >= 11 is 15.9. The smallest absolute Gasteiger partial charge is 0.194 e. The third kappa shape index (κ3) is 2.64. The second kappa shape index (κ2) is 4.72. The quantitative estimate of drug-likeness (QED) is 0.649. The van der Waals surface area contributed by atoms with E-state index >= 15 is 0 Å². The van der Waals surface area contributed by atoms with Crippen LogP contribution in [0, 0.1) is 0 Å². The molecule has 0 N–H and O–H groups in total. The number of alkyl halides is 3. The van der Waals surface area contributed by atoms with Gasteiger partial charge in [-0.05, 0) is 34.7 Å². The number of rotatable bonds is 1. The molecule has 84 valence electrons. The Morgan fingerprint density at radius 2 is 1.75 bits per heavy atom. The summed E-state index contributed by atoms with van der Waals surface area (Å²) in [4.78, 5) is 0. The molecule has 0 bridgehead atoms. The van der Waals surface area contributed by atoms with E-state index in [4.69, 9.17) is 11.6 Å². The number of hydrogen-bond acceptors (Lipinski definition) is 3. The van der Waals surface area contributed by atoms with Gasteiger partial charge in [-0.2, -0.15) is 4.68 Å². The molecule has 0 radical (unpaired) electrons. The van der Waals surface area contributed by atoms with Gasteiger partial charge in [-0.15, -0.1) is 5.10 Å². The first-order chi connectivity index (χ1) is 7.48. The van der Waals surface area contributed by atoms with Crippen LogP contribution in [0.1, 0.15) is 5.82 Å². The molecule has 0 fully saturated rings. The van der Waals surface area contributed by atoms with Gasteiger partial charge in [0, 0.05) is 5.02 Å². The van der Waals surface area contributed by atoms with Crippen molar-refractivity contribution >= 4 is 59.4 Å². The van der Waals surface area contributed by atoms with Crippen molar-refractivity contribution in [3.05, 3.63) is 35.1 Å². The number of nitrogens with zero attached hydrogens (tertiary/aromatic N) is 4. The van der Waals surface area contributed by atoms with Crippen LogP contribution in [0.25, 0.3) is 5.69 Å². The molecule has 0 saturated heterocycles. The molecule has 1 heterocycles. The lowest BCUT2D eigenvalue weighted by Gasteiger charge is -2.11. The Morgan fingerprint density at radius 3 is 2.31 bits per heavy atom. The molecule has 4 nitrogen and oxygen atoms in total. The molecule has 0 amide bonds. The monoisotopic (exact) mass is 428 g/mol. The summed E-state index contributed by atoms with van der Waals surface area (Å²) in [6.07, 6.45) is 0. The summed E-state index contributed by atoms with van der Waals surface area (Å²) in [6, 6.07) is 7.23. The third-order valence-corrected chi connectivity index (χ3v) is 3.11. The molecular formula is C8H4Br3ClN4. The molecule has 2 aromatic rings. The highest BCUT2D eigenvalue weighted by Crippen LogP contribution is 2.43. The molecule has 0 atom stereocenters. The Morgan fingerprint density at radius 1 is 1.12 bits per heavy atom. The van der Waals surface area contributed by atoms with Crippen LogP contribution in [0.3, 0.4) is 0 Å². The molecule has 0 spiro atoms. The number of tetrazole rings is 1. The second-order valence-corrected chi connectivity index (χ2v) is 10.1. The van der Waals surface area contributed by atoms with Gasteiger partial charge in [-0.25, -0.2) is 0 Å². The minimum Gasteiger partial charge on any atom is -0.194 e. The first-order valence-corrected chi connectivity index (χ1v) is 6.86. The van der Waals surface area contributed by atoms with Gasteiger partial charge in [0.25, 0.3) is 0 Å². The van der Waals surface area contributed by atoms with Crippen LogP contribution >= 0.6 is 59.4 Å². The molecule has 8 heteroatoms. The summed E-state index contributed by atoms with van der Waals surface area (Å²) in [7, 11) is 0. The van der Waals surface area contributed by atoms with Gasteiger partial charge in [-0.3, -0.25) is 0 Å². The maximum absolute atomic E-state index is 5.81. The summed E-state index contributed by atoms with van der Waals surface area (Å²) in [5.74, 6) is 0.579. The zero-order valence-corrected chi connectivity index (χ0v) is 13.1. The minimum absolute atomic E-state index is 0.579. The van der Waals surface area contributed by atoms with E-state index < -0.39 is 2.14 Å². The molecule has 0 saturated carbocycles. The van der Waals surface area contributed by atoms with Crippen molar-refractivity contribution in [1.29, 1.82) is 0 Å². The van der Waals surface area contributed by atoms with E-state index in [9.17, 15) is 0 Å². The zero-order chi connectivity index (χ0) is 11.8. The normalized spacial score (nSPS) is 11.8. The lowest BCUT2D eigenvalue weighted by Crippen LogP contribution is -2.10. The van der Waals surface area contributed by atoms with Crippen LogP contribution in [0.15, 0.2) is 24.3 Å². The molecule has 1 aromatic heterocycles. The topological polar surface area (TPSA) is 43.6 Å². The van der Waals surface area contributed by atoms with Crippen LogP contribution in [-0.4, -0.2) is 20.2 Å². The maximum atomic E-state index is 5.81. The van der Waals surface area contributed by atoms with Crippen LogP contribution in [0.4, 0.5) is 0 Å². The molecule has 2 rings (SSSR count). The highest BCUT2D eigenvalue weighted by Gasteiger charge is 2.29. The third-order valence-electron chi connectivity index (χ3n) is 1.79. The molecule has 0 unspecified atom stereocenters. The van der Waals surface area contributed by atoms with Gasteiger partial charge in [-0.1, -0.05) is 59.4 Å². The summed E-state index contributed by atoms with van der Waals surface area (Å²) in [6.45, 7) is 0. The van der Waals surface area contributed by atoms with Gasteiger partial charge in [0.2, 0.25) is 0 Å². The van der Waals surface area contributed by atoms with E-state index in [0.29, 0.717) is 10.8 Å². The van der Waals surface area contributed by atoms with Crippen LogP contribution in [-0.2, 0) is 2.14 Å². The Hall–Kier alpha value is 0.0200. The van der Waals surface area contributed by atoms with Crippen molar-refractivity contribution < 1.29 is 0 Å². The average molecular weight is 431 g/mol. The van der Waals surface area contributed by atoms with E-state index in [1.54, 1.807) is 16.8 Å². The van der Waals surface area contributed by atoms with Crippen molar-refractivity contribution in [3.8, 4) is 5.69 Å². The Kier molecular flexibility index (Phi) is 3.68. The average Bonchev–Trinajstić information content (AvgIpc) is 2.66. The summed E-state index contributed by atoms with van der Waals surface area (Å²) in [5.41, 5.74) is 0.826. The lowest BCUT2D eigenvalue weighted by atomic mass is 10.3. The summed E-state index contributed by atoms with van der Waals surface area (Å²) in [5, 5.41) is 12.1. The van der Waals surface area contributed by atoms with E-state index in [-0.39, 0.29) is 0 Å². The predicted molar refractivity (Wildman–Crippen MR) is 72.6 cm³/mol. The molecule has 0 aliphatic rings. The molecule has 0 aliphatic heterocycles. The Balaban J connectivity index is 2.49. The van der Waals surface area contributed by atoms with Crippen LogP contribution < -0.4 is 0 Å². The van der Waals surface area contributed by atoms with Crippen molar-refractivity contribution in [1.82, 2.24) is 20.2 Å². The number of halogens is 4. The maximum Gasteiger partial charge on any atom is 0.196 e. The van der Waals surface area contributed by atoms with Crippen LogP contribution in [0.5, 0.6) is 0 Å². The van der Waals surface area contributed by atoms with Gasteiger partial charge in [0.15, 0.2) is 7.97 Å². The van der Waals surface area contributed by atoms with Crippen molar-refractivity contribution in [2.24, 2.45) is 0 Å². The first-order valence-electron chi connectivity index (χ1n) is 4.10. The lowest BCUT2D eigenvalue weighted by molar-refractivity contribution is 0.775. The number of benzene rings is 1. The fourth-order valence-electron chi connectivity index (χ4n) is 1.12. The van der Waals surface area contributed by atoms with Gasteiger partial charge < -0.3 is 0 Å². The SMILES string of the molecule is Clc1ccc(-n2nnnc2C(Br)(Br)Br)cc1. The van der Waals surface area contributed by atoms with E-state index in [2.05, 4.69) is 63.3 Å². The van der Waals surface area contributed by atoms with Crippen LogP contribution in [0.2, 0.25) is 5.02 Å². The molecule has 1 aromatic carbocycles. The molecule has 16 heavy (non-hydrogen) atoms. The molecular weight excluding hydrogens is 427 g/mol. The fourth-order valence-corrected chi connectivity index (χ4v) is 1.99. The van der Waals surface area contributed by atoms with Gasteiger partial charge in [0.05, 0.1) is 5.69 Å². The predicted octanol–water partition coefficient (Wildman–Crippen LogP) is 3.61. The second-order valence-electron chi connectivity index (χ2n) is 2.89. The number of aromatic nitrogens is 4. The van der Waals surface area contributed by atoms with E-state index in [0.717, 1.165) is 5.69 Å². The van der Waals surface area contributed by atoms with Crippen molar-refractivity contribution in [2.45, 2.75) is 2.14 Å². The number of hydrogen-bond donors (Lipinski definition) is 0.